The van der Waals surface area contributed by atoms with Crippen molar-refractivity contribution in [3.63, 3.8) is 0 Å². The largest absolute Gasteiger partial charge is 0.343 e. The van der Waals surface area contributed by atoms with Gasteiger partial charge in [0.2, 0.25) is 5.91 Å². The van der Waals surface area contributed by atoms with E-state index >= 15 is 0 Å². The van der Waals surface area contributed by atoms with Crippen LogP contribution in [0.5, 0.6) is 0 Å². The number of aryl methyl sites for hydroxylation is 2. The van der Waals surface area contributed by atoms with E-state index in [-0.39, 0.29) is 30.2 Å². The van der Waals surface area contributed by atoms with Gasteiger partial charge in [0.1, 0.15) is 0 Å². The highest BCUT2D eigenvalue weighted by Crippen LogP contribution is 2.30. The molecule has 2 aliphatic rings. The van der Waals surface area contributed by atoms with Crippen LogP contribution in [-0.2, 0) is 4.79 Å². The molecule has 7 nitrogen and oxygen atoms in total. The smallest absolute Gasteiger partial charge is 0.256 e. The van der Waals surface area contributed by atoms with E-state index in [4.69, 9.17) is 4.98 Å². The minimum Gasteiger partial charge on any atom is -0.343 e. The van der Waals surface area contributed by atoms with Gasteiger partial charge in [-0.25, -0.2) is 0 Å². The molecule has 1 aromatic heterocycles. The Kier molecular flexibility index (Phi) is 7.40. The summed E-state index contributed by atoms with van der Waals surface area (Å²) in [7, 11) is 0. The maximum Gasteiger partial charge on any atom is 0.256 e. The summed E-state index contributed by atoms with van der Waals surface area (Å²) in [4.78, 5) is 46.8. The van der Waals surface area contributed by atoms with Crippen molar-refractivity contribution in [3.8, 4) is 0 Å². The first-order valence-corrected chi connectivity index (χ1v) is 12.0. The molecule has 3 heterocycles. The van der Waals surface area contributed by atoms with Crippen LogP contribution in [0.2, 0.25) is 0 Å². The molecular weight excluding hydrogens is 428 g/mol. The van der Waals surface area contributed by atoms with E-state index in [9.17, 15) is 14.4 Å². The average Bonchev–Trinajstić information content (AvgIpc) is 2.87. The number of piperidine rings is 1. The van der Waals surface area contributed by atoms with Crippen molar-refractivity contribution in [2.24, 2.45) is 0 Å². The van der Waals surface area contributed by atoms with Crippen molar-refractivity contribution in [2.45, 2.75) is 39.0 Å². The quantitative estimate of drug-likeness (QED) is 0.695. The number of carbonyl (C=O) groups is 3. The molecule has 178 valence electrons. The molecule has 0 saturated carbocycles. The molecule has 4 rings (SSSR count). The summed E-state index contributed by atoms with van der Waals surface area (Å²) in [6, 6.07) is 11.1. The molecule has 0 aliphatic carbocycles. The number of aromatic nitrogens is 1. The van der Waals surface area contributed by atoms with Crippen LogP contribution in [0.1, 0.15) is 62.8 Å². The molecule has 1 aromatic carbocycles. The summed E-state index contributed by atoms with van der Waals surface area (Å²) in [6.45, 7) is 6.32. The van der Waals surface area contributed by atoms with E-state index in [0.29, 0.717) is 30.8 Å². The fourth-order valence-corrected chi connectivity index (χ4v) is 4.66. The van der Waals surface area contributed by atoms with Crippen molar-refractivity contribution >= 4 is 17.7 Å². The number of rotatable bonds is 5. The van der Waals surface area contributed by atoms with Crippen molar-refractivity contribution < 1.29 is 14.4 Å². The first kappa shape index (κ1) is 23.7. The molecule has 0 atom stereocenters. The lowest BCUT2D eigenvalue weighted by Crippen LogP contribution is -2.44. The first-order valence-electron chi connectivity index (χ1n) is 12.0. The van der Waals surface area contributed by atoms with Crippen LogP contribution in [0.25, 0.3) is 0 Å². The van der Waals surface area contributed by atoms with Gasteiger partial charge in [-0.05, 0) is 56.9 Å². The van der Waals surface area contributed by atoms with Crippen LogP contribution in [0.3, 0.4) is 0 Å². The molecule has 0 unspecified atom stereocenters. The Bertz CT molecular complexity index is 1100. The third kappa shape index (κ3) is 5.35. The topological polar surface area (TPSA) is 82.6 Å². The Morgan fingerprint density at radius 2 is 1.71 bits per heavy atom. The molecule has 1 N–H and O–H groups in total. The summed E-state index contributed by atoms with van der Waals surface area (Å²) in [5.74, 6) is -0.163. The highest BCUT2D eigenvalue weighted by molar-refractivity contribution is 5.97. The van der Waals surface area contributed by atoms with Crippen LogP contribution < -0.4 is 5.32 Å². The van der Waals surface area contributed by atoms with E-state index in [1.165, 1.54) is 0 Å². The van der Waals surface area contributed by atoms with Crippen LogP contribution in [0, 0.1) is 13.8 Å². The molecule has 2 aromatic rings. The van der Waals surface area contributed by atoms with Crippen LogP contribution in [-0.4, -0.2) is 65.2 Å². The standard InChI is InChI=1S/C27H32N4O3/c1-19-8-4-5-9-22(19)26(33)28-18-24(32)30-16-12-21(13-17-30)25-23(11-10-20(2)29-25)27(34)31-14-6-3-7-15-31/h3-6,8-11,21H,7,12-18H2,1-2H3,(H,28,33). The second kappa shape index (κ2) is 10.6. The number of pyridine rings is 1. The van der Waals surface area contributed by atoms with Gasteiger partial charge >= 0.3 is 0 Å². The van der Waals surface area contributed by atoms with Crippen molar-refractivity contribution in [3.05, 3.63) is 76.6 Å². The van der Waals surface area contributed by atoms with Gasteiger partial charge in [0.05, 0.1) is 17.8 Å². The fourth-order valence-electron chi connectivity index (χ4n) is 4.66. The fraction of sp³-hybridized carbons (Fsp3) is 0.407. The molecular formula is C27H32N4O3. The van der Waals surface area contributed by atoms with Gasteiger partial charge < -0.3 is 15.1 Å². The molecule has 0 spiro atoms. The molecule has 1 saturated heterocycles. The number of hydrogen-bond donors (Lipinski definition) is 1. The first-order chi connectivity index (χ1) is 16.4. The highest BCUT2D eigenvalue weighted by atomic mass is 16.2. The van der Waals surface area contributed by atoms with Crippen molar-refractivity contribution in [1.29, 1.82) is 0 Å². The number of hydrogen-bond acceptors (Lipinski definition) is 4. The second-order valence-electron chi connectivity index (χ2n) is 9.05. The van der Waals surface area contributed by atoms with E-state index < -0.39 is 0 Å². The Balaban J connectivity index is 1.36. The summed E-state index contributed by atoms with van der Waals surface area (Å²) in [5, 5.41) is 2.75. The van der Waals surface area contributed by atoms with Gasteiger partial charge in [-0.3, -0.25) is 19.4 Å². The van der Waals surface area contributed by atoms with Gasteiger partial charge in [-0.15, -0.1) is 0 Å². The Labute approximate surface area is 200 Å². The number of amides is 3. The number of nitrogens with one attached hydrogen (secondary N) is 1. The zero-order chi connectivity index (χ0) is 24.1. The van der Waals surface area contributed by atoms with Crippen LogP contribution >= 0.6 is 0 Å². The molecule has 0 bridgehead atoms. The molecule has 34 heavy (non-hydrogen) atoms. The van der Waals surface area contributed by atoms with E-state index in [2.05, 4.69) is 11.4 Å². The third-order valence-electron chi connectivity index (χ3n) is 6.66. The van der Waals surface area contributed by atoms with Crippen molar-refractivity contribution in [2.75, 3.05) is 32.7 Å². The van der Waals surface area contributed by atoms with Gasteiger partial charge in [-0.1, -0.05) is 30.4 Å². The van der Waals surface area contributed by atoms with Gasteiger partial charge in [0.25, 0.3) is 11.8 Å². The monoisotopic (exact) mass is 460 g/mol. The zero-order valence-corrected chi connectivity index (χ0v) is 19.9. The molecule has 2 aliphatic heterocycles. The number of nitrogens with zero attached hydrogens (tertiary/aromatic N) is 3. The average molecular weight is 461 g/mol. The number of benzene rings is 1. The maximum absolute atomic E-state index is 13.2. The lowest BCUT2D eigenvalue weighted by molar-refractivity contribution is -0.131. The van der Waals surface area contributed by atoms with E-state index in [1.54, 1.807) is 11.0 Å². The lowest BCUT2D eigenvalue weighted by Gasteiger charge is -2.33. The third-order valence-corrected chi connectivity index (χ3v) is 6.66. The number of likely N-dealkylation sites (tertiary alicyclic amines) is 1. The molecule has 3 amide bonds. The predicted octanol–water partition coefficient (Wildman–Crippen LogP) is 3.24. The Morgan fingerprint density at radius 3 is 2.41 bits per heavy atom. The minimum atomic E-state index is -0.235. The zero-order valence-electron chi connectivity index (χ0n) is 19.9. The van der Waals surface area contributed by atoms with Crippen molar-refractivity contribution in [1.82, 2.24) is 20.1 Å². The summed E-state index contributed by atoms with van der Waals surface area (Å²) < 4.78 is 0. The van der Waals surface area contributed by atoms with E-state index in [0.717, 1.165) is 42.8 Å². The van der Waals surface area contributed by atoms with Gasteiger partial charge in [-0.2, -0.15) is 0 Å². The summed E-state index contributed by atoms with van der Waals surface area (Å²) >= 11 is 0. The van der Waals surface area contributed by atoms with Crippen LogP contribution in [0.15, 0.2) is 48.6 Å². The Hall–Kier alpha value is -3.48. The lowest BCUT2D eigenvalue weighted by atomic mass is 9.89. The second-order valence-corrected chi connectivity index (χ2v) is 9.05. The summed E-state index contributed by atoms with van der Waals surface area (Å²) in [5.41, 5.74) is 3.88. The highest BCUT2D eigenvalue weighted by Gasteiger charge is 2.29. The molecule has 0 radical (unpaired) electrons. The number of carbonyl (C=O) groups excluding carboxylic acids is 3. The normalized spacial score (nSPS) is 16.4. The Morgan fingerprint density at radius 1 is 0.941 bits per heavy atom. The summed E-state index contributed by atoms with van der Waals surface area (Å²) in [6.07, 6.45) is 6.50. The van der Waals surface area contributed by atoms with Gasteiger partial charge in [0, 0.05) is 43.4 Å². The van der Waals surface area contributed by atoms with E-state index in [1.807, 2.05) is 55.2 Å². The minimum absolute atomic E-state index is 0.0211. The molecule has 1 fully saturated rings. The maximum atomic E-state index is 13.2. The molecule has 7 heteroatoms. The predicted molar refractivity (Wildman–Crippen MR) is 131 cm³/mol. The van der Waals surface area contributed by atoms with Crippen LogP contribution in [0.4, 0.5) is 0 Å². The SMILES string of the molecule is Cc1ccc(C(=O)N2CC=CCC2)c(C2CCN(C(=O)CNC(=O)c3ccccc3C)CC2)n1. The van der Waals surface area contributed by atoms with Gasteiger partial charge in [0.15, 0.2) is 0 Å².